The Balaban J connectivity index is 1.99. The predicted molar refractivity (Wildman–Crippen MR) is 107 cm³/mol. The zero-order chi connectivity index (χ0) is 19.1. The van der Waals surface area contributed by atoms with Crippen LogP contribution in [0.3, 0.4) is 0 Å². The smallest absolute Gasteiger partial charge is 0.258 e. The van der Waals surface area contributed by atoms with Gasteiger partial charge < -0.3 is 14.2 Å². The summed E-state index contributed by atoms with van der Waals surface area (Å²) in [6.45, 7) is 1.44. The normalized spacial score (nSPS) is 12.5. The molecule has 3 aromatic rings. The monoisotopic (exact) mass is 362 g/mol. The molecule has 0 saturated heterocycles. The van der Waals surface area contributed by atoms with Crippen LogP contribution in [0.2, 0.25) is 0 Å². The summed E-state index contributed by atoms with van der Waals surface area (Å²) in [5.74, 6) is 0.595. The van der Waals surface area contributed by atoms with Crippen LogP contribution in [0.25, 0.3) is 22.0 Å². The third kappa shape index (κ3) is 2.75. The number of benzene rings is 2. The van der Waals surface area contributed by atoms with Crippen molar-refractivity contribution in [2.24, 2.45) is 0 Å². The maximum absolute atomic E-state index is 13.2. The van der Waals surface area contributed by atoms with Crippen molar-refractivity contribution in [2.75, 3.05) is 27.7 Å². The van der Waals surface area contributed by atoms with Gasteiger partial charge in [0.1, 0.15) is 5.75 Å². The number of pyridine rings is 1. The molecule has 1 aliphatic carbocycles. The topological polar surface area (TPSA) is 51.5 Å². The van der Waals surface area contributed by atoms with E-state index in [-0.39, 0.29) is 11.3 Å². The molecule has 4 rings (SSSR count). The highest BCUT2D eigenvalue weighted by atomic mass is 16.5. The fourth-order valence-corrected chi connectivity index (χ4v) is 3.84. The molecule has 0 radical (unpaired) electrons. The molecule has 0 amide bonds. The Morgan fingerprint density at radius 3 is 2.44 bits per heavy atom. The van der Waals surface area contributed by atoms with E-state index in [1.54, 1.807) is 23.8 Å². The van der Waals surface area contributed by atoms with Gasteiger partial charge in [-0.3, -0.25) is 9.59 Å². The second kappa shape index (κ2) is 6.67. The lowest BCUT2D eigenvalue weighted by Gasteiger charge is -2.16. The number of fused-ring (bicyclic) bond motifs is 5. The number of ether oxygens (including phenoxy) is 1. The molecule has 0 N–H and O–H groups in total. The molecule has 1 aromatic heterocycles. The zero-order valence-electron chi connectivity index (χ0n) is 15.8. The van der Waals surface area contributed by atoms with Crippen LogP contribution in [0.5, 0.6) is 5.75 Å². The SMILES string of the molecule is COc1ccc2c(c1)C(=O)c1c-2n(CCCN(C)C)c(=O)c2ccccc12. The number of carbonyl (C=O) groups excluding carboxylic acids is 1. The molecule has 1 aliphatic rings. The number of aromatic nitrogens is 1. The second-order valence-corrected chi connectivity index (χ2v) is 7.12. The summed E-state index contributed by atoms with van der Waals surface area (Å²) in [5, 5.41) is 1.32. The van der Waals surface area contributed by atoms with E-state index in [0.29, 0.717) is 28.8 Å². The van der Waals surface area contributed by atoms with Crippen LogP contribution in [0, 0.1) is 0 Å². The molecule has 5 nitrogen and oxygen atoms in total. The van der Waals surface area contributed by atoms with Crippen LogP contribution in [0.15, 0.2) is 47.3 Å². The van der Waals surface area contributed by atoms with E-state index in [1.807, 2.05) is 44.4 Å². The van der Waals surface area contributed by atoms with E-state index >= 15 is 0 Å². The number of rotatable bonds is 5. The van der Waals surface area contributed by atoms with Crippen LogP contribution in [0.1, 0.15) is 22.3 Å². The van der Waals surface area contributed by atoms with E-state index in [1.165, 1.54) is 0 Å². The van der Waals surface area contributed by atoms with Gasteiger partial charge in [0.2, 0.25) is 0 Å². The summed E-state index contributed by atoms with van der Waals surface area (Å²) in [4.78, 5) is 28.5. The lowest BCUT2D eigenvalue weighted by Crippen LogP contribution is -2.25. The summed E-state index contributed by atoms with van der Waals surface area (Å²) >= 11 is 0. The van der Waals surface area contributed by atoms with E-state index in [2.05, 4.69) is 4.90 Å². The second-order valence-electron chi connectivity index (χ2n) is 7.12. The van der Waals surface area contributed by atoms with Gasteiger partial charge in [0.05, 0.1) is 18.4 Å². The first kappa shape index (κ1) is 17.5. The van der Waals surface area contributed by atoms with Gasteiger partial charge >= 0.3 is 0 Å². The number of nitrogens with zero attached hydrogens (tertiary/aromatic N) is 2. The number of carbonyl (C=O) groups is 1. The average molecular weight is 362 g/mol. The van der Waals surface area contributed by atoms with Crippen molar-refractivity contribution in [1.29, 1.82) is 0 Å². The van der Waals surface area contributed by atoms with Gasteiger partial charge in [-0.25, -0.2) is 0 Å². The third-order valence-corrected chi connectivity index (χ3v) is 5.12. The van der Waals surface area contributed by atoms with Gasteiger partial charge in [-0.2, -0.15) is 0 Å². The molecule has 0 spiro atoms. The molecule has 2 aromatic carbocycles. The summed E-state index contributed by atoms with van der Waals surface area (Å²) in [6, 6.07) is 12.9. The summed E-state index contributed by atoms with van der Waals surface area (Å²) < 4.78 is 7.07. The van der Waals surface area contributed by atoms with Gasteiger partial charge in [0.15, 0.2) is 5.78 Å². The summed E-state index contributed by atoms with van der Waals surface area (Å²) in [6.07, 6.45) is 0.831. The Labute approximate surface area is 157 Å². The van der Waals surface area contributed by atoms with Crippen LogP contribution in [-0.4, -0.2) is 43.0 Å². The van der Waals surface area contributed by atoms with E-state index in [9.17, 15) is 9.59 Å². The molecule has 0 aliphatic heterocycles. The van der Waals surface area contributed by atoms with E-state index in [4.69, 9.17) is 4.74 Å². The van der Waals surface area contributed by atoms with E-state index in [0.717, 1.165) is 29.6 Å². The van der Waals surface area contributed by atoms with Gasteiger partial charge in [-0.05, 0) is 51.3 Å². The highest BCUT2D eigenvalue weighted by molar-refractivity contribution is 6.26. The molecule has 27 heavy (non-hydrogen) atoms. The van der Waals surface area contributed by atoms with Crippen LogP contribution < -0.4 is 10.3 Å². The first-order valence-electron chi connectivity index (χ1n) is 9.06. The standard InChI is InChI=1S/C22H22N2O3/c1-23(2)11-6-12-24-20-16-10-9-14(27-3)13-18(16)21(25)19(20)15-7-4-5-8-17(15)22(24)26/h4-5,7-10,13H,6,11-12H2,1-3H3. The lowest BCUT2D eigenvalue weighted by atomic mass is 10.0. The minimum atomic E-state index is -0.0449. The largest absolute Gasteiger partial charge is 0.497 e. The van der Waals surface area contributed by atoms with Gasteiger partial charge in [-0.15, -0.1) is 0 Å². The Hall–Kier alpha value is -2.92. The average Bonchev–Trinajstić information content (AvgIpc) is 2.96. The number of ketones is 1. The van der Waals surface area contributed by atoms with Crippen LogP contribution >= 0.6 is 0 Å². The molecule has 0 unspecified atom stereocenters. The number of methoxy groups -OCH3 is 1. The molecule has 5 heteroatoms. The molecule has 1 heterocycles. The van der Waals surface area contributed by atoms with E-state index < -0.39 is 0 Å². The fourth-order valence-electron chi connectivity index (χ4n) is 3.84. The Morgan fingerprint density at radius 2 is 1.74 bits per heavy atom. The minimum Gasteiger partial charge on any atom is -0.497 e. The number of hydrogen-bond donors (Lipinski definition) is 0. The molecule has 0 saturated carbocycles. The molecule has 0 atom stereocenters. The quantitative estimate of drug-likeness (QED) is 0.547. The van der Waals surface area contributed by atoms with Crippen molar-refractivity contribution >= 4 is 16.6 Å². The summed E-state index contributed by atoms with van der Waals surface area (Å²) in [5.41, 5.74) is 2.72. The van der Waals surface area contributed by atoms with Crippen LogP contribution in [-0.2, 0) is 6.54 Å². The third-order valence-electron chi connectivity index (χ3n) is 5.12. The number of hydrogen-bond acceptors (Lipinski definition) is 4. The van der Waals surface area contributed by atoms with Crippen molar-refractivity contribution in [3.05, 3.63) is 63.9 Å². The van der Waals surface area contributed by atoms with Crippen LogP contribution in [0.4, 0.5) is 0 Å². The molecular formula is C22H22N2O3. The first-order valence-corrected chi connectivity index (χ1v) is 9.06. The first-order chi connectivity index (χ1) is 13.0. The van der Waals surface area contributed by atoms with Gasteiger partial charge in [0, 0.05) is 28.4 Å². The van der Waals surface area contributed by atoms with Crippen molar-refractivity contribution in [3.63, 3.8) is 0 Å². The van der Waals surface area contributed by atoms with Crippen molar-refractivity contribution in [2.45, 2.75) is 13.0 Å². The zero-order valence-corrected chi connectivity index (χ0v) is 15.8. The maximum Gasteiger partial charge on any atom is 0.258 e. The lowest BCUT2D eigenvalue weighted by molar-refractivity contribution is 0.104. The van der Waals surface area contributed by atoms with Crippen molar-refractivity contribution < 1.29 is 9.53 Å². The van der Waals surface area contributed by atoms with Crippen molar-refractivity contribution in [1.82, 2.24) is 9.47 Å². The molecule has 0 bridgehead atoms. The Bertz CT molecular complexity index is 1110. The van der Waals surface area contributed by atoms with Crippen molar-refractivity contribution in [3.8, 4) is 17.0 Å². The van der Waals surface area contributed by atoms with Gasteiger partial charge in [0.25, 0.3) is 5.56 Å². The Morgan fingerprint density at radius 1 is 1.00 bits per heavy atom. The molecular weight excluding hydrogens is 340 g/mol. The predicted octanol–water partition coefficient (Wildman–Crippen LogP) is 3.17. The fraction of sp³-hybridized carbons (Fsp3) is 0.273. The summed E-state index contributed by atoms with van der Waals surface area (Å²) in [7, 11) is 5.61. The van der Waals surface area contributed by atoms with Gasteiger partial charge in [-0.1, -0.05) is 18.2 Å². The molecule has 138 valence electrons. The molecule has 0 fully saturated rings. The highest BCUT2D eigenvalue weighted by Gasteiger charge is 2.32. The highest BCUT2D eigenvalue weighted by Crippen LogP contribution is 2.40. The minimum absolute atomic E-state index is 0.0421. The maximum atomic E-state index is 13.2. The Kier molecular flexibility index (Phi) is 4.32.